The molecule has 0 spiro atoms. The molecule has 3 rings (SSSR count). The topological polar surface area (TPSA) is 112 Å². The maximum absolute atomic E-state index is 12.3. The Morgan fingerprint density at radius 1 is 1.19 bits per heavy atom. The van der Waals surface area contributed by atoms with Crippen molar-refractivity contribution in [2.75, 3.05) is 10.6 Å². The number of pyridine rings is 1. The van der Waals surface area contributed by atoms with Crippen molar-refractivity contribution >= 4 is 36.3 Å². The van der Waals surface area contributed by atoms with Crippen LogP contribution in [0.25, 0.3) is 0 Å². The van der Waals surface area contributed by atoms with E-state index in [0.717, 1.165) is 18.7 Å². The van der Waals surface area contributed by atoms with Crippen LogP contribution in [0.15, 0.2) is 36.5 Å². The van der Waals surface area contributed by atoms with Crippen LogP contribution < -0.4 is 16.1 Å². The monoisotopic (exact) mass is 353 g/mol. The second-order valence-electron chi connectivity index (χ2n) is 6.35. The number of hydrogen-bond acceptors (Lipinski definition) is 6. The molecule has 0 saturated heterocycles. The first-order chi connectivity index (χ1) is 12.6. The molecule has 0 unspecified atom stereocenters. The zero-order chi connectivity index (χ0) is 18.5. The molecule has 1 aromatic carbocycles. The van der Waals surface area contributed by atoms with Crippen molar-refractivity contribution in [2.45, 2.75) is 31.7 Å². The normalized spacial score (nSPS) is 14.1. The van der Waals surface area contributed by atoms with Gasteiger partial charge in [0, 0.05) is 17.2 Å². The molecule has 0 atom stereocenters. The number of carbonyl (C=O) groups is 2. The molecule has 26 heavy (non-hydrogen) atoms. The SMILES string of the molecule is O=Cc1cc(C(=O)Nc2ccc(NC3CCCC3)nc2)ccc1B(O)O. The smallest absolute Gasteiger partial charge is 0.423 e. The van der Waals surface area contributed by atoms with Gasteiger partial charge in [-0.3, -0.25) is 9.59 Å². The molecule has 1 heterocycles. The zero-order valence-corrected chi connectivity index (χ0v) is 14.2. The number of hydrogen-bond donors (Lipinski definition) is 4. The largest absolute Gasteiger partial charge is 0.489 e. The predicted octanol–water partition coefficient (Wildman–Crippen LogP) is 1.18. The van der Waals surface area contributed by atoms with E-state index in [1.807, 2.05) is 6.07 Å². The average Bonchev–Trinajstić information content (AvgIpc) is 3.15. The molecule has 1 aliphatic rings. The lowest BCUT2D eigenvalue weighted by atomic mass is 9.77. The van der Waals surface area contributed by atoms with Crippen molar-refractivity contribution in [3.05, 3.63) is 47.7 Å². The van der Waals surface area contributed by atoms with E-state index in [4.69, 9.17) is 0 Å². The Morgan fingerprint density at radius 2 is 1.96 bits per heavy atom. The summed E-state index contributed by atoms with van der Waals surface area (Å²) in [6.45, 7) is 0. The van der Waals surface area contributed by atoms with Gasteiger partial charge in [0.05, 0.1) is 11.9 Å². The van der Waals surface area contributed by atoms with Crippen LogP contribution in [0.3, 0.4) is 0 Å². The fraction of sp³-hybridized carbons (Fsp3) is 0.278. The Kier molecular flexibility index (Phi) is 5.65. The molecule has 134 valence electrons. The number of anilines is 2. The Hall–Kier alpha value is -2.71. The Morgan fingerprint density at radius 3 is 2.58 bits per heavy atom. The lowest BCUT2D eigenvalue weighted by Gasteiger charge is -2.13. The van der Waals surface area contributed by atoms with E-state index < -0.39 is 13.0 Å². The van der Waals surface area contributed by atoms with E-state index in [2.05, 4.69) is 15.6 Å². The summed E-state index contributed by atoms with van der Waals surface area (Å²) in [5, 5.41) is 24.5. The van der Waals surface area contributed by atoms with E-state index in [1.54, 1.807) is 12.3 Å². The summed E-state index contributed by atoms with van der Waals surface area (Å²) in [7, 11) is -1.77. The van der Waals surface area contributed by atoms with Crippen LogP contribution in [0.4, 0.5) is 11.5 Å². The summed E-state index contributed by atoms with van der Waals surface area (Å²) >= 11 is 0. The number of aromatic nitrogens is 1. The fourth-order valence-electron chi connectivity index (χ4n) is 3.09. The van der Waals surface area contributed by atoms with Crippen molar-refractivity contribution in [3.63, 3.8) is 0 Å². The highest BCUT2D eigenvalue weighted by Gasteiger charge is 2.18. The average molecular weight is 353 g/mol. The Labute approximate surface area is 151 Å². The number of rotatable bonds is 6. The second kappa shape index (κ2) is 8.12. The van der Waals surface area contributed by atoms with E-state index in [1.165, 1.54) is 31.0 Å². The first-order valence-corrected chi connectivity index (χ1v) is 8.56. The molecule has 8 heteroatoms. The van der Waals surface area contributed by atoms with Gasteiger partial charge >= 0.3 is 7.12 Å². The minimum Gasteiger partial charge on any atom is -0.423 e. The summed E-state index contributed by atoms with van der Waals surface area (Å²) in [5.74, 6) is 0.366. The number of nitrogens with one attached hydrogen (secondary N) is 2. The molecule has 1 aromatic heterocycles. The maximum atomic E-state index is 12.3. The maximum Gasteiger partial charge on any atom is 0.489 e. The number of carbonyl (C=O) groups excluding carboxylic acids is 2. The predicted molar refractivity (Wildman–Crippen MR) is 99.7 cm³/mol. The molecule has 7 nitrogen and oxygen atoms in total. The van der Waals surface area contributed by atoms with Crippen LogP contribution in [-0.4, -0.2) is 40.4 Å². The first-order valence-electron chi connectivity index (χ1n) is 8.56. The lowest BCUT2D eigenvalue weighted by molar-refractivity contribution is 0.102. The highest BCUT2D eigenvalue weighted by molar-refractivity contribution is 6.60. The highest BCUT2D eigenvalue weighted by Crippen LogP contribution is 2.22. The van der Waals surface area contributed by atoms with Gasteiger partial charge in [-0.15, -0.1) is 0 Å². The minimum atomic E-state index is -1.77. The third-order valence-corrected chi connectivity index (χ3v) is 4.48. The van der Waals surface area contributed by atoms with Gasteiger partial charge in [-0.2, -0.15) is 0 Å². The Bertz CT molecular complexity index is 790. The number of aldehydes is 1. The summed E-state index contributed by atoms with van der Waals surface area (Å²) in [6.07, 6.45) is 6.83. The van der Waals surface area contributed by atoms with Crippen molar-refractivity contribution in [1.82, 2.24) is 4.98 Å². The van der Waals surface area contributed by atoms with Gasteiger partial charge in [0.25, 0.3) is 5.91 Å². The lowest BCUT2D eigenvalue weighted by Crippen LogP contribution is -2.33. The van der Waals surface area contributed by atoms with Crippen LogP contribution in [0.1, 0.15) is 46.4 Å². The van der Waals surface area contributed by atoms with Gasteiger partial charge in [0.1, 0.15) is 12.1 Å². The van der Waals surface area contributed by atoms with Crippen molar-refractivity contribution in [2.24, 2.45) is 0 Å². The molecular weight excluding hydrogens is 333 g/mol. The third-order valence-electron chi connectivity index (χ3n) is 4.48. The number of nitrogens with zero attached hydrogens (tertiary/aromatic N) is 1. The summed E-state index contributed by atoms with van der Waals surface area (Å²) < 4.78 is 0. The van der Waals surface area contributed by atoms with Gasteiger partial charge in [-0.05, 0) is 42.6 Å². The first kappa shape index (κ1) is 18.1. The van der Waals surface area contributed by atoms with Gasteiger partial charge in [0.15, 0.2) is 0 Å². The minimum absolute atomic E-state index is 0.0561. The zero-order valence-electron chi connectivity index (χ0n) is 14.2. The van der Waals surface area contributed by atoms with Gasteiger partial charge < -0.3 is 20.7 Å². The molecule has 0 aliphatic heterocycles. The van der Waals surface area contributed by atoms with Crippen LogP contribution in [0, 0.1) is 0 Å². The molecule has 0 bridgehead atoms. The van der Waals surface area contributed by atoms with E-state index >= 15 is 0 Å². The molecule has 1 fully saturated rings. The number of amides is 1. The Balaban J connectivity index is 1.66. The van der Waals surface area contributed by atoms with Crippen LogP contribution in [0.2, 0.25) is 0 Å². The molecular formula is C18H20BN3O4. The van der Waals surface area contributed by atoms with Gasteiger partial charge in [0.2, 0.25) is 0 Å². The number of benzene rings is 1. The highest BCUT2D eigenvalue weighted by atomic mass is 16.4. The summed E-state index contributed by atoms with van der Waals surface area (Å²) in [4.78, 5) is 27.7. The van der Waals surface area contributed by atoms with E-state index in [0.29, 0.717) is 18.0 Å². The van der Waals surface area contributed by atoms with Gasteiger partial charge in [-0.25, -0.2) is 4.98 Å². The quantitative estimate of drug-likeness (QED) is 0.458. The molecule has 0 radical (unpaired) electrons. The molecule has 1 saturated carbocycles. The van der Waals surface area contributed by atoms with Crippen molar-refractivity contribution in [1.29, 1.82) is 0 Å². The molecule has 2 aromatic rings. The van der Waals surface area contributed by atoms with Crippen LogP contribution in [-0.2, 0) is 0 Å². The summed E-state index contributed by atoms with van der Waals surface area (Å²) in [6, 6.07) is 8.13. The standard InChI is InChI=1S/C18H20BN3O4/c23-11-13-9-12(5-7-16(13)19(25)26)18(24)22-15-6-8-17(20-10-15)21-14-3-1-2-4-14/h5-11,14,25-26H,1-4H2,(H,20,21)(H,22,24). The van der Waals surface area contributed by atoms with Crippen LogP contribution in [0.5, 0.6) is 0 Å². The third kappa shape index (κ3) is 4.28. The molecule has 1 aliphatic carbocycles. The summed E-state index contributed by atoms with van der Waals surface area (Å²) in [5.41, 5.74) is 0.887. The van der Waals surface area contributed by atoms with E-state index in [-0.39, 0.29) is 16.6 Å². The molecule has 1 amide bonds. The van der Waals surface area contributed by atoms with Crippen molar-refractivity contribution in [3.8, 4) is 0 Å². The van der Waals surface area contributed by atoms with Crippen molar-refractivity contribution < 1.29 is 19.6 Å². The van der Waals surface area contributed by atoms with Crippen LogP contribution >= 0.6 is 0 Å². The fourth-order valence-corrected chi connectivity index (χ4v) is 3.09. The second-order valence-corrected chi connectivity index (χ2v) is 6.35. The van der Waals surface area contributed by atoms with Gasteiger partial charge in [-0.1, -0.05) is 18.9 Å². The van der Waals surface area contributed by atoms with E-state index in [9.17, 15) is 19.6 Å². The molecule has 4 N–H and O–H groups in total.